The molecule has 0 unspecified atom stereocenters. The van der Waals surface area contributed by atoms with Crippen LogP contribution in [0.5, 0.6) is 0 Å². The lowest BCUT2D eigenvalue weighted by Crippen LogP contribution is -2.59. The second kappa shape index (κ2) is 4.46. The van der Waals surface area contributed by atoms with Crippen LogP contribution in [0.2, 0.25) is 0 Å². The van der Waals surface area contributed by atoms with Gasteiger partial charge in [-0.2, -0.15) is 35.1 Å². The fourth-order valence-corrected chi connectivity index (χ4v) is 1.14. The predicted molar refractivity (Wildman–Crippen MR) is 48.8 cm³/mol. The molecule has 0 bridgehead atoms. The molecule has 0 aromatic heterocycles. The lowest BCUT2D eigenvalue weighted by molar-refractivity contribution is -0.335. The topological polar surface area (TPSA) is 0 Å². The average Bonchev–Trinajstić information content (AvgIpc) is 2.01. The summed E-state index contributed by atoms with van der Waals surface area (Å²) in [5.74, 6) is -18.1. The molecule has 0 radical (unpaired) electrons. The van der Waals surface area contributed by atoms with Gasteiger partial charge in [0, 0.05) is 0 Å². The van der Waals surface area contributed by atoms with Crippen molar-refractivity contribution in [2.75, 3.05) is 0 Å². The van der Waals surface area contributed by atoms with E-state index in [9.17, 15) is 35.1 Å². The van der Waals surface area contributed by atoms with Crippen molar-refractivity contribution in [1.82, 2.24) is 0 Å². The molecule has 0 nitrogen and oxygen atoms in total. The van der Waals surface area contributed by atoms with E-state index in [0.717, 1.165) is 22.6 Å². The third-order valence-electron chi connectivity index (χ3n) is 1.44. The summed E-state index contributed by atoms with van der Waals surface area (Å²) in [4.78, 5) is 0. The van der Waals surface area contributed by atoms with Crippen molar-refractivity contribution in [2.45, 2.75) is 23.1 Å². The largest absolute Gasteiger partial charge is 0.393 e. The van der Waals surface area contributed by atoms with Crippen molar-refractivity contribution < 1.29 is 35.1 Å². The Bertz CT molecular complexity index is 281. The molecular formula is C6H2ClF8I. The maximum Gasteiger partial charge on any atom is 0.393 e. The Labute approximate surface area is 103 Å². The number of hydrogen-bond acceptors (Lipinski definition) is 0. The number of allylic oxidation sites excluding steroid dienone is 1. The van der Waals surface area contributed by atoms with E-state index in [1.165, 1.54) is 0 Å². The molecule has 0 aliphatic rings. The fraction of sp³-hybridized carbons (Fsp3) is 0.667. The van der Waals surface area contributed by atoms with E-state index >= 15 is 0 Å². The van der Waals surface area contributed by atoms with Crippen LogP contribution >= 0.6 is 34.2 Å². The van der Waals surface area contributed by atoms with Crippen molar-refractivity contribution in [3.05, 3.63) is 10.2 Å². The van der Waals surface area contributed by atoms with Crippen molar-refractivity contribution >= 4 is 34.2 Å². The minimum Gasteiger partial charge on any atom is -0.195 e. The Morgan fingerprint density at radius 3 is 1.44 bits per heavy atom. The van der Waals surface area contributed by atoms with E-state index in [1.807, 2.05) is 0 Å². The minimum absolute atomic E-state index is 0.300. The van der Waals surface area contributed by atoms with E-state index in [2.05, 4.69) is 11.6 Å². The van der Waals surface area contributed by atoms with Gasteiger partial charge in [-0.3, -0.25) is 0 Å². The second-order valence-electron chi connectivity index (χ2n) is 2.56. The number of alkyl halides is 9. The molecule has 0 heterocycles. The predicted octanol–water partition coefficient (Wildman–Crippen LogP) is 4.67. The Hall–Kier alpha value is 0.200. The minimum atomic E-state index is -6.39. The number of halogens is 10. The molecule has 16 heavy (non-hydrogen) atoms. The zero-order valence-corrected chi connectivity index (χ0v) is 9.85. The molecule has 0 aromatic rings. The summed E-state index contributed by atoms with van der Waals surface area (Å²) in [5, 5.41) is -5.79. The third kappa shape index (κ3) is 2.54. The molecule has 0 aromatic carbocycles. The molecule has 0 saturated carbocycles. The highest BCUT2D eigenvalue weighted by molar-refractivity contribution is 14.1. The molecule has 0 rings (SSSR count). The van der Waals surface area contributed by atoms with Gasteiger partial charge in [0.05, 0.1) is 0 Å². The van der Waals surface area contributed by atoms with Crippen LogP contribution in [0, 0.1) is 0 Å². The zero-order chi connectivity index (χ0) is 13.4. The van der Waals surface area contributed by atoms with Gasteiger partial charge in [0.1, 0.15) is 0 Å². The van der Waals surface area contributed by atoms with Crippen LogP contribution in [0.3, 0.4) is 0 Å². The molecule has 0 saturated heterocycles. The summed E-state index contributed by atoms with van der Waals surface area (Å²) in [7, 11) is 0. The summed E-state index contributed by atoms with van der Waals surface area (Å²) in [6, 6.07) is 0. The maximum absolute atomic E-state index is 12.5. The van der Waals surface area contributed by atoms with Crippen LogP contribution in [0.25, 0.3) is 0 Å². The van der Waals surface area contributed by atoms with Gasteiger partial charge in [0.2, 0.25) is 0 Å². The van der Waals surface area contributed by atoms with Gasteiger partial charge in [0.15, 0.2) is 0 Å². The fourth-order valence-electron chi connectivity index (χ4n) is 0.571. The molecule has 0 atom stereocenters. The van der Waals surface area contributed by atoms with Crippen LogP contribution in [0.4, 0.5) is 35.1 Å². The zero-order valence-electron chi connectivity index (χ0n) is 6.93. The van der Waals surface area contributed by atoms with E-state index in [4.69, 9.17) is 0 Å². The first-order valence-electron chi connectivity index (χ1n) is 3.29. The van der Waals surface area contributed by atoms with E-state index in [1.54, 1.807) is 0 Å². The van der Waals surface area contributed by atoms with Gasteiger partial charge >= 0.3 is 23.1 Å². The van der Waals surface area contributed by atoms with Crippen LogP contribution < -0.4 is 0 Å². The number of hydrogen-bond donors (Lipinski definition) is 0. The normalized spacial score (nSPS) is 15.9. The van der Waals surface area contributed by atoms with Crippen molar-refractivity contribution in [3.8, 4) is 0 Å². The molecule has 0 spiro atoms. The second-order valence-corrected chi connectivity index (χ2v) is 3.76. The quantitative estimate of drug-likeness (QED) is 0.373. The summed E-state index contributed by atoms with van der Waals surface area (Å²) in [5.41, 5.74) is 0. The average molecular weight is 388 g/mol. The van der Waals surface area contributed by atoms with Gasteiger partial charge in [-0.1, -0.05) is 22.6 Å². The van der Waals surface area contributed by atoms with Gasteiger partial charge < -0.3 is 0 Å². The van der Waals surface area contributed by atoms with Crippen LogP contribution in [-0.2, 0) is 0 Å². The van der Waals surface area contributed by atoms with E-state index in [0.29, 0.717) is 4.08 Å². The van der Waals surface area contributed by atoms with Crippen LogP contribution in [-0.4, -0.2) is 23.1 Å². The summed E-state index contributed by atoms with van der Waals surface area (Å²) in [6.45, 7) is 0. The Balaban J connectivity index is 5.52. The smallest absolute Gasteiger partial charge is 0.195 e. The summed E-state index contributed by atoms with van der Waals surface area (Å²) >= 11 is 4.74. The highest BCUT2D eigenvalue weighted by Crippen LogP contribution is 2.54. The lowest BCUT2D eigenvalue weighted by Gasteiger charge is -2.32. The summed E-state index contributed by atoms with van der Waals surface area (Å²) < 4.78 is 99.1. The highest BCUT2D eigenvalue weighted by atomic mass is 127. The molecule has 0 N–H and O–H groups in total. The van der Waals surface area contributed by atoms with Crippen molar-refractivity contribution in [1.29, 1.82) is 0 Å². The van der Waals surface area contributed by atoms with Crippen molar-refractivity contribution in [3.63, 3.8) is 0 Å². The van der Waals surface area contributed by atoms with Crippen LogP contribution in [0.15, 0.2) is 10.2 Å². The van der Waals surface area contributed by atoms with Crippen molar-refractivity contribution in [2.24, 2.45) is 0 Å². The molecule has 10 heteroatoms. The summed E-state index contributed by atoms with van der Waals surface area (Å²) in [6.07, 6.45) is -0.621. The Kier molecular flexibility index (Phi) is 4.52. The maximum atomic E-state index is 12.5. The first kappa shape index (κ1) is 16.2. The first-order chi connectivity index (χ1) is 6.81. The van der Waals surface area contributed by atoms with E-state index in [-0.39, 0.29) is 0 Å². The molecule has 0 fully saturated rings. The standard InChI is InChI=1S/C6H2ClF8I/c7-6(14,15)5(12,13)4(10,11)3(8,9)1-2-16/h1-2H/b2-1+. The highest BCUT2D eigenvalue weighted by Gasteiger charge is 2.79. The molecule has 0 aliphatic carbocycles. The monoisotopic (exact) mass is 388 g/mol. The molecule has 0 amide bonds. The Morgan fingerprint density at radius 2 is 1.19 bits per heavy atom. The van der Waals surface area contributed by atoms with Gasteiger partial charge in [-0.05, 0) is 21.8 Å². The van der Waals surface area contributed by atoms with Gasteiger partial charge in [-0.25, -0.2) is 0 Å². The first-order valence-corrected chi connectivity index (χ1v) is 4.91. The van der Waals surface area contributed by atoms with Crippen LogP contribution in [0.1, 0.15) is 0 Å². The molecule has 0 aliphatic heterocycles. The third-order valence-corrected chi connectivity index (χ3v) is 2.04. The van der Waals surface area contributed by atoms with Gasteiger partial charge in [-0.15, -0.1) is 0 Å². The van der Waals surface area contributed by atoms with Gasteiger partial charge in [0.25, 0.3) is 0 Å². The lowest BCUT2D eigenvalue weighted by atomic mass is 10.1. The molecular weight excluding hydrogens is 386 g/mol. The molecule has 96 valence electrons. The SMILES string of the molecule is FC(F)(Cl)C(F)(F)C(F)(F)C(F)(F)/C=C/I. The Morgan fingerprint density at radius 1 is 0.812 bits per heavy atom. The van der Waals surface area contributed by atoms with E-state index < -0.39 is 29.2 Å². The number of rotatable bonds is 4.